The number of hydrogen-bond donors (Lipinski definition) is 0. The maximum atomic E-state index is 3.95. The van der Waals surface area contributed by atoms with Crippen LogP contribution in [0.1, 0.15) is 60.3 Å². The Morgan fingerprint density at radius 1 is 1.00 bits per heavy atom. The molecule has 0 atom stereocenters. The van der Waals surface area contributed by atoms with Crippen molar-refractivity contribution in [3.05, 3.63) is 12.2 Å². The minimum atomic E-state index is 0.959. The van der Waals surface area contributed by atoms with Gasteiger partial charge in [-0.25, -0.2) is 0 Å². The summed E-state index contributed by atoms with van der Waals surface area (Å²) >= 11 is 0. The van der Waals surface area contributed by atoms with E-state index < -0.39 is 0 Å². The van der Waals surface area contributed by atoms with Gasteiger partial charge in [0.05, 0.1) is 0 Å². The monoisotopic (exact) mass is 170 g/mol. The first-order valence-corrected chi connectivity index (χ1v) is 5.45. The highest BCUT2D eigenvalue weighted by molar-refractivity contribution is 4.97. The van der Waals surface area contributed by atoms with Gasteiger partial charge in [0.1, 0.15) is 0 Å². The fraction of sp³-hybridized carbons (Fsp3) is 0.833. The van der Waals surface area contributed by atoms with Gasteiger partial charge >= 0.3 is 0 Å². The fourth-order valence-electron chi connectivity index (χ4n) is 1.17. The average molecular weight is 170 g/mol. The summed E-state index contributed by atoms with van der Waals surface area (Å²) < 4.78 is 0. The van der Waals surface area contributed by atoms with Crippen LogP contribution in [-0.4, -0.2) is 0 Å². The molecule has 12 heavy (non-hydrogen) atoms. The summed E-state index contributed by atoms with van der Waals surface area (Å²) in [7, 11) is 0. The molecule has 0 saturated heterocycles. The highest BCUT2D eigenvalue weighted by atomic mass is 14.1. The van der Waals surface area contributed by atoms with Crippen LogP contribution in [0.15, 0.2) is 12.2 Å². The lowest BCUT2D eigenvalue weighted by molar-refractivity contribution is 0.445. The molecule has 0 aromatic heterocycles. The van der Waals surface area contributed by atoms with Crippen molar-refractivity contribution >= 4 is 0 Å². The van der Waals surface area contributed by atoms with Gasteiger partial charge in [0.25, 0.3) is 0 Å². The Balaban J connectivity index is 0. The first-order valence-electron chi connectivity index (χ1n) is 5.45. The molecule has 1 aliphatic carbocycles. The SMILES string of the molecule is C=C1CCC(C)CC1.CC.CC. The molecule has 0 N–H and O–H groups in total. The molecule has 0 heterocycles. The number of rotatable bonds is 0. The van der Waals surface area contributed by atoms with Crippen molar-refractivity contribution in [2.45, 2.75) is 60.3 Å². The summed E-state index contributed by atoms with van der Waals surface area (Å²) in [5.74, 6) is 0.959. The summed E-state index contributed by atoms with van der Waals surface area (Å²) in [5, 5.41) is 0. The third kappa shape index (κ3) is 7.84. The maximum Gasteiger partial charge on any atom is -0.0320 e. The van der Waals surface area contributed by atoms with Crippen molar-refractivity contribution in [3.8, 4) is 0 Å². The molecule has 0 nitrogen and oxygen atoms in total. The summed E-state index contributed by atoms with van der Waals surface area (Å²) in [6.07, 6.45) is 5.31. The first-order chi connectivity index (χ1) is 5.79. The van der Waals surface area contributed by atoms with Gasteiger partial charge in [-0.1, -0.05) is 46.8 Å². The van der Waals surface area contributed by atoms with Crippen LogP contribution in [0.25, 0.3) is 0 Å². The van der Waals surface area contributed by atoms with Gasteiger partial charge in [-0.15, -0.1) is 0 Å². The largest absolute Gasteiger partial charge is 0.0999 e. The van der Waals surface area contributed by atoms with Crippen molar-refractivity contribution in [1.29, 1.82) is 0 Å². The highest BCUT2D eigenvalue weighted by Gasteiger charge is 2.09. The molecule has 0 spiro atoms. The average Bonchev–Trinajstić information content (AvgIpc) is 2.17. The van der Waals surface area contributed by atoms with Gasteiger partial charge < -0.3 is 0 Å². The smallest absolute Gasteiger partial charge is 0.0320 e. The highest BCUT2D eigenvalue weighted by Crippen LogP contribution is 2.25. The molecule has 1 saturated carbocycles. The van der Waals surface area contributed by atoms with Gasteiger partial charge in [-0.2, -0.15) is 0 Å². The predicted octanol–water partition coefficient (Wildman–Crippen LogP) is 4.81. The minimum Gasteiger partial charge on any atom is -0.0999 e. The lowest BCUT2D eigenvalue weighted by Crippen LogP contribution is -2.02. The molecule has 74 valence electrons. The van der Waals surface area contributed by atoms with E-state index in [-0.39, 0.29) is 0 Å². The number of allylic oxidation sites excluding steroid dienone is 1. The Kier molecular flexibility index (Phi) is 12.8. The van der Waals surface area contributed by atoms with Crippen LogP contribution in [0.5, 0.6) is 0 Å². The van der Waals surface area contributed by atoms with Crippen LogP contribution in [0.2, 0.25) is 0 Å². The van der Waals surface area contributed by atoms with Gasteiger partial charge in [-0.05, 0) is 31.6 Å². The van der Waals surface area contributed by atoms with Crippen molar-refractivity contribution in [3.63, 3.8) is 0 Å². The lowest BCUT2D eigenvalue weighted by Gasteiger charge is -2.18. The maximum absolute atomic E-state index is 3.95. The van der Waals surface area contributed by atoms with E-state index in [2.05, 4.69) is 13.5 Å². The quantitative estimate of drug-likeness (QED) is 0.458. The van der Waals surface area contributed by atoms with E-state index in [1.807, 2.05) is 27.7 Å². The molecular weight excluding hydrogens is 144 g/mol. The molecule has 0 amide bonds. The van der Waals surface area contributed by atoms with Gasteiger partial charge in [0.2, 0.25) is 0 Å². The van der Waals surface area contributed by atoms with Gasteiger partial charge in [0, 0.05) is 0 Å². The van der Waals surface area contributed by atoms with E-state index in [1.54, 1.807) is 0 Å². The van der Waals surface area contributed by atoms with Gasteiger partial charge in [0.15, 0.2) is 0 Å². The zero-order valence-corrected chi connectivity index (χ0v) is 9.61. The lowest BCUT2D eigenvalue weighted by atomic mass is 9.88. The summed E-state index contributed by atoms with van der Waals surface area (Å²) in [4.78, 5) is 0. The van der Waals surface area contributed by atoms with Crippen LogP contribution >= 0.6 is 0 Å². The van der Waals surface area contributed by atoms with Crippen LogP contribution in [0.3, 0.4) is 0 Å². The summed E-state index contributed by atoms with van der Waals surface area (Å²) in [5.41, 5.74) is 1.46. The Labute approximate surface area is 79.1 Å². The predicted molar refractivity (Wildman–Crippen MR) is 59.5 cm³/mol. The van der Waals surface area contributed by atoms with Crippen LogP contribution in [0.4, 0.5) is 0 Å². The van der Waals surface area contributed by atoms with Crippen molar-refractivity contribution < 1.29 is 0 Å². The Hall–Kier alpha value is -0.260. The number of hydrogen-bond acceptors (Lipinski definition) is 0. The van der Waals surface area contributed by atoms with E-state index in [0.717, 1.165) is 5.92 Å². The summed E-state index contributed by atoms with van der Waals surface area (Å²) in [6.45, 7) is 14.3. The van der Waals surface area contributed by atoms with Crippen LogP contribution in [0, 0.1) is 5.92 Å². The van der Waals surface area contributed by atoms with E-state index in [1.165, 1.54) is 31.3 Å². The molecular formula is C12H26. The molecule has 0 aromatic carbocycles. The minimum absolute atomic E-state index is 0.959. The second kappa shape index (κ2) is 10.7. The second-order valence-corrected chi connectivity index (χ2v) is 2.93. The Morgan fingerprint density at radius 3 is 1.58 bits per heavy atom. The van der Waals surface area contributed by atoms with Crippen LogP contribution < -0.4 is 0 Å². The molecule has 0 heteroatoms. The molecule has 0 aliphatic heterocycles. The van der Waals surface area contributed by atoms with Crippen molar-refractivity contribution in [2.24, 2.45) is 5.92 Å². The molecule has 1 rings (SSSR count). The fourth-order valence-corrected chi connectivity index (χ4v) is 1.17. The zero-order chi connectivity index (χ0) is 9.98. The molecule has 0 radical (unpaired) electrons. The first kappa shape index (κ1) is 14.3. The van der Waals surface area contributed by atoms with Crippen LogP contribution in [-0.2, 0) is 0 Å². The van der Waals surface area contributed by atoms with Crippen molar-refractivity contribution in [1.82, 2.24) is 0 Å². The van der Waals surface area contributed by atoms with E-state index in [9.17, 15) is 0 Å². The molecule has 1 fully saturated rings. The topological polar surface area (TPSA) is 0 Å². The molecule has 0 unspecified atom stereocenters. The van der Waals surface area contributed by atoms with Gasteiger partial charge in [-0.3, -0.25) is 0 Å². The third-order valence-electron chi connectivity index (χ3n) is 1.98. The van der Waals surface area contributed by atoms with Crippen molar-refractivity contribution in [2.75, 3.05) is 0 Å². The molecule has 0 bridgehead atoms. The standard InChI is InChI=1S/C8H14.2C2H6/c1-7-3-5-8(2)6-4-7;2*1-2/h8H,1,3-6H2,2H3;2*1-2H3. The van der Waals surface area contributed by atoms with E-state index >= 15 is 0 Å². The van der Waals surface area contributed by atoms with E-state index in [0.29, 0.717) is 0 Å². The molecule has 1 aliphatic rings. The zero-order valence-electron chi connectivity index (χ0n) is 9.61. The normalized spacial score (nSPS) is 16.9. The second-order valence-electron chi connectivity index (χ2n) is 2.93. The Bertz CT molecular complexity index is 82.2. The Morgan fingerprint density at radius 2 is 1.33 bits per heavy atom. The third-order valence-corrected chi connectivity index (χ3v) is 1.98. The van der Waals surface area contributed by atoms with E-state index in [4.69, 9.17) is 0 Å². The summed E-state index contributed by atoms with van der Waals surface area (Å²) in [6, 6.07) is 0. The molecule has 0 aromatic rings.